The van der Waals surface area contributed by atoms with E-state index in [0.29, 0.717) is 10.0 Å². The minimum absolute atomic E-state index is 0.0921. The predicted molar refractivity (Wildman–Crippen MR) is 60.2 cm³/mol. The molecule has 0 saturated carbocycles. The summed E-state index contributed by atoms with van der Waals surface area (Å²) in [7, 11) is 0. The number of nitrogens with one attached hydrogen (secondary N) is 1. The van der Waals surface area contributed by atoms with Crippen molar-refractivity contribution < 1.29 is 14.8 Å². The number of rotatable bonds is 4. The Kier molecular flexibility index (Phi) is 4.39. The zero-order chi connectivity index (χ0) is 12.1. The van der Waals surface area contributed by atoms with Gasteiger partial charge in [0, 0.05) is 23.2 Å². The number of carbonyl (C=O) groups excluding carboxylic acids is 1. The van der Waals surface area contributed by atoms with Crippen molar-refractivity contribution in [2.45, 2.75) is 0 Å². The van der Waals surface area contributed by atoms with Gasteiger partial charge < -0.3 is 10.4 Å². The summed E-state index contributed by atoms with van der Waals surface area (Å²) in [4.78, 5) is 21.4. The summed E-state index contributed by atoms with van der Waals surface area (Å²) in [6, 6.07) is 3.86. The highest BCUT2D eigenvalue weighted by atomic mass is 79.9. The zero-order valence-electron chi connectivity index (χ0n) is 8.14. The minimum atomic E-state index is -0.542. The van der Waals surface area contributed by atoms with Crippen molar-refractivity contribution >= 4 is 27.5 Å². The maximum absolute atomic E-state index is 11.5. The van der Waals surface area contributed by atoms with Gasteiger partial charge in [-0.1, -0.05) is 0 Å². The van der Waals surface area contributed by atoms with Crippen LogP contribution in [0.1, 0.15) is 10.4 Å². The van der Waals surface area contributed by atoms with Crippen molar-refractivity contribution in [1.82, 2.24) is 5.32 Å². The third-order valence-corrected chi connectivity index (χ3v) is 2.46. The lowest BCUT2D eigenvalue weighted by Crippen LogP contribution is -2.26. The van der Waals surface area contributed by atoms with Crippen molar-refractivity contribution in [2.75, 3.05) is 13.2 Å². The largest absolute Gasteiger partial charge is 0.395 e. The first-order valence-electron chi connectivity index (χ1n) is 4.39. The van der Waals surface area contributed by atoms with Gasteiger partial charge in [0.1, 0.15) is 0 Å². The fourth-order valence-corrected chi connectivity index (χ4v) is 1.61. The van der Waals surface area contributed by atoms with Crippen LogP contribution in [0.4, 0.5) is 5.69 Å². The fraction of sp³-hybridized carbons (Fsp3) is 0.222. The highest BCUT2D eigenvalue weighted by Gasteiger charge is 2.13. The van der Waals surface area contributed by atoms with Gasteiger partial charge in [0.15, 0.2) is 0 Å². The van der Waals surface area contributed by atoms with Crippen LogP contribution < -0.4 is 5.32 Å². The Bertz CT molecular complexity index is 422. The van der Waals surface area contributed by atoms with E-state index in [9.17, 15) is 14.9 Å². The Morgan fingerprint density at radius 1 is 1.56 bits per heavy atom. The van der Waals surface area contributed by atoms with Crippen LogP contribution in [0.5, 0.6) is 0 Å². The predicted octanol–water partition coefficient (Wildman–Crippen LogP) is 1.08. The Labute approximate surface area is 99.6 Å². The van der Waals surface area contributed by atoms with Crippen LogP contribution >= 0.6 is 15.9 Å². The van der Waals surface area contributed by atoms with E-state index >= 15 is 0 Å². The maximum Gasteiger partial charge on any atom is 0.270 e. The van der Waals surface area contributed by atoms with Crippen LogP contribution in [0, 0.1) is 10.1 Å². The molecule has 0 aliphatic carbocycles. The second-order valence-electron chi connectivity index (χ2n) is 2.90. The van der Waals surface area contributed by atoms with Gasteiger partial charge in [-0.05, 0) is 22.0 Å². The standard InChI is InChI=1S/C9H9BrN2O4/c10-8-5-6(12(15)16)1-2-7(8)9(14)11-3-4-13/h1-2,5,13H,3-4H2,(H,11,14). The first-order valence-corrected chi connectivity index (χ1v) is 5.18. The number of amides is 1. The molecule has 0 aliphatic heterocycles. The molecule has 0 fully saturated rings. The van der Waals surface area contributed by atoms with Crippen molar-refractivity contribution in [1.29, 1.82) is 0 Å². The molecule has 0 atom stereocenters. The summed E-state index contributed by atoms with van der Waals surface area (Å²) in [6.07, 6.45) is 0. The van der Waals surface area contributed by atoms with E-state index in [1.54, 1.807) is 0 Å². The van der Waals surface area contributed by atoms with Crippen LogP contribution in [-0.4, -0.2) is 29.1 Å². The molecular weight excluding hydrogens is 280 g/mol. The molecule has 1 amide bonds. The molecule has 1 aromatic rings. The Morgan fingerprint density at radius 3 is 2.75 bits per heavy atom. The average molecular weight is 289 g/mol. The fourth-order valence-electron chi connectivity index (χ4n) is 1.07. The van der Waals surface area contributed by atoms with Gasteiger partial charge in [-0.3, -0.25) is 14.9 Å². The summed E-state index contributed by atoms with van der Waals surface area (Å²) in [5.74, 6) is -0.393. The van der Waals surface area contributed by atoms with E-state index in [1.807, 2.05) is 0 Å². The number of benzene rings is 1. The molecule has 7 heteroatoms. The minimum Gasteiger partial charge on any atom is -0.395 e. The smallest absolute Gasteiger partial charge is 0.270 e. The van der Waals surface area contributed by atoms with Crippen LogP contribution in [-0.2, 0) is 0 Å². The molecule has 0 unspecified atom stereocenters. The van der Waals surface area contributed by atoms with Crippen LogP contribution in [0.3, 0.4) is 0 Å². The first kappa shape index (κ1) is 12.6. The summed E-state index contributed by atoms with van der Waals surface area (Å²) >= 11 is 3.08. The number of nitro benzene ring substituents is 1. The molecule has 16 heavy (non-hydrogen) atoms. The zero-order valence-corrected chi connectivity index (χ0v) is 9.73. The monoisotopic (exact) mass is 288 g/mol. The molecule has 0 bridgehead atoms. The molecule has 0 spiro atoms. The Hall–Kier alpha value is -1.47. The molecule has 1 rings (SSSR count). The van der Waals surface area contributed by atoms with E-state index in [4.69, 9.17) is 5.11 Å². The van der Waals surface area contributed by atoms with E-state index < -0.39 is 10.8 Å². The number of aliphatic hydroxyl groups is 1. The second kappa shape index (κ2) is 5.57. The molecule has 6 nitrogen and oxygen atoms in total. The average Bonchev–Trinajstić information content (AvgIpc) is 2.25. The molecule has 0 aromatic heterocycles. The van der Waals surface area contributed by atoms with Gasteiger partial charge in [-0.25, -0.2) is 0 Å². The molecule has 0 radical (unpaired) electrons. The van der Waals surface area contributed by atoms with E-state index in [-0.39, 0.29) is 18.8 Å². The van der Waals surface area contributed by atoms with E-state index in [1.165, 1.54) is 18.2 Å². The molecule has 2 N–H and O–H groups in total. The topological polar surface area (TPSA) is 92.5 Å². The highest BCUT2D eigenvalue weighted by molar-refractivity contribution is 9.10. The van der Waals surface area contributed by atoms with Crippen LogP contribution in [0.25, 0.3) is 0 Å². The molecule has 0 saturated heterocycles. The maximum atomic E-state index is 11.5. The number of halogens is 1. The number of hydrogen-bond acceptors (Lipinski definition) is 4. The third kappa shape index (κ3) is 3.01. The van der Waals surface area contributed by atoms with Crippen molar-refractivity contribution in [2.24, 2.45) is 0 Å². The number of carbonyl (C=O) groups is 1. The lowest BCUT2D eigenvalue weighted by molar-refractivity contribution is -0.384. The highest BCUT2D eigenvalue weighted by Crippen LogP contribution is 2.22. The number of nitrogens with zero attached hydrogens (tertiary/aromatic N) is 1. The molecule has 0 heterocycles. The van der Waals surface area contributed by atoms with Gasteiger partial charge >= 0.3 is 0 Å². The second-order valence-corrected chi connectivity index (χ2v) is 3.76. The number of hydrogen-bond donors (Lipinski definition) is 2. The van der Waals surface area contributed by atoms with E-state index in [2.05, 4.69) is 21.2 Å². The van der Waals surface area contributed by atoms with E-state index in [0.717, 1.165) is 0 Å². The van der Waals surface area contributed by atoms with Crippen molar-refractivity contribution in [3.63, 3.8) is 0 Å². The van der Waals surface area contributed by atoms with Crippen molar-refractivity contribution in [3.8, 4) is 0 Å². The molecule has 0 aliphatic rings. The number of aliphatic hydroxyl groups excluding tert-OH is 1. The van der Waals surface area contributed by atoms with Gasteiger partial charge in [-0.2, -0.15) is 0 Å². The third-order valence-electron chi connectivity index (χ3n) is 1.81. The van der Waals surface area contributed by atoms with Crippen LogP contribution in [0.15, 0.2) is 22.7 Å². The summed E-state index contributed by atoms with van der Waals surface area (Å²) in [5, 5.41) is 21.4. The summed E-state index contributed by atoms with van der Waals surface area (Å²) in [6.45, 7) is -0.0153. The number of non-ortho nitro benzene ring substituents is 1. The first-order chi connectivity index (χ1) is 7.56. The van der Waals surface area contributed by atoms with Crippen molar-refractivity contribution in [3.05, 3.63) is 38.3 Å². The summed E-state index contributed by atoms with van der Waals surface area (Å²) in [5.41, 5.74) is 0.199. The number of nitro groups is 1. The van der Waals surface area contributed by atoms with Gasteiger partial charge in [0.25, 0.3) is 11.6 Å². The van der Waals surface area contributed by atoms with Gasteiger partial charge in [0.05, 0.1) is 17.1 Å². The quantitative estimate of drug-likeness (QED) is 0.640. The molecule has 1 aromatic carbocycles. The van der Waals surface area contributed by atoms with Gasteiger partial charge in [-0.15, -0.1) is 0 Å². The molecule has 86 valence electrons. The Balaban J connectivity index is 2.90. The lowest BCUT2D eigenvalue weighted by Gasteiger charge is -2.04. The van der Waals surface area contributed by atoms with Gasteiger partial charge in [0.2, 0.25) is 0 Å². The normalized spacial score (nSPS) is 9.88. The van der Waals surface area contributed by atoms with Crippen LogP contribution in [0.2, 0.25) is 0 Å². The lowest BCUT2D eigenvalue weighted by atomic mass is 10.2. The molecular formula is C9H9BrN2O4. The summed E-state index contributed by atoms with van der Waals surface area (Å²) < 4.78 is 0.345. The SMILES string of the molecule is O=C(NCCO)c1ccc([N+](=O)[O-])cc1Br. The Morgan fingerprint density at radius 2 is 2.25 bits per heavy atom.